The molecular formula is C31H27F3N2O6. The van der Waals surface area contributed by atoms with Gasteiger partial charge in [0.2, 0.25) is 0 Å². The van der Waals surface area contributed by atoms with Crippen LogP contribution in [0.2, 0.25) is 0 Å². The number of rotatable bonds is 7. The summed E-state index contributed by atoms with van der Waals surface area (Å²) >= 11 is 0. The first-order valence-corrected chi connectivity index (χ1v) is 12.8. The van der Waals surface area contributed by atoms with Crippen LogP contribution in [0.3, 0.4) is 0 Å². The molecule has 1 atom stereocenters. The average Bonchev–Trinajstić information content (AvgIpc) is 2.91. The molecule has 1 amide bonds. The van der Waals surface area contributed by atoms with E-state index in [0.717, 1.165) is 18.2 Å². The van der Waals surface area contributed by atoms with Gasteiger partial charge < -0.3 is 20.3 Å². The van der Waals surface area contributed by atoms with Crippen molar-refractivity contribution < 1.29 is 42.5 Å². The van der Waals surface area contributed by atoms with E-state index in [1.54, 1.807) is 32.9 Å². The summed E-state index contributed by atoms with van der Waals surface area (Å²) in [4.78, 5) is 42.7. The lowest BCUT2D eigenvalue weighted by Gasteiger charge is -2.24. The Bertz CT molecular complexity index is 1660. The van der Waals surface area contributed by atoms with Crippen LogP contribution in [0, 0.1) is 0 Å². The first-order chi connectivity index (χ1) is 19.6. The average molecular weight is 581 g/mol. The van der Waals surface area contributed by atoms with Crippen molar-refractivity contribution in [3.8, 4) is 16.9 Å². The van der Waals surface area contributed by atoms with Crippen LogP contribution < -0.4 is 5.32 Å². The maximum absolute atomic E-state index is 13.3. The van der Waals surface area contributed by atoms with Gasteiger partial charge in [-0.25, -0.2) is 14.6 Å². The molecule has 3 N–H and O–H groups in total. The number of aromatic hydroxyl groups is 1. The molecule has 0 saturated heterocycles. The Morgan fingerprint density at radius 1 is 0.929 bits per heavy atom. The van der Waals surface area contributed by atoms with Gasteiger partial charge in [0.25, 0.3) is 5.91 Å². The lowest BCUT2D eigenvalue weighted by Crippen LogP contribution is -2.45. The molecule has 0 unspecified atom stereocenters. The van der Waals surface area contributed by atoms with E-state index in [1.165, 1.54) is 42.5 Å². The number of esters is 1. The van der Waals surface area contributed by atoms with Crippen molar-refractivity contribution in [2.24, 2.45) is 0 Å². The van der Waals surface area contributed by atoms with Gasteiger partial charge in [0.15, 0.2) is 0 Å². The van der Waals surface area contributed by atoms with Gasteiger partial charge in [0.05, 0.1) is 16.6 Å². The summed E-state index contributed by atoms with van der Waals surface area (Å²) in [6.45, 7) is 5.01. The number of aromatic nitrogens is 1. The second kappa shape index (κ2) is 11.5. The number of nitrogens with zero attached hydrogens (tertiary/aromatic N) is 1. The standard InChI is InChI=1S/C31H27F3N2O6/c1-30(2,3)42-29(41)26(13-17-7-10-21(37)11-8-17)36-27(38)25-16-23(28(39)40)22-15-19(9-12-24(22)35-25)18-5-4-6-20(14-18)31(32,33)34/h4-12,14-16,26,37H,13H2,1-3H3,(H,36,38)(H,39,40)/t26-/m1/s1. The fourth-order valence-electron chi connectivity index (χ4n) is 4.24. The number of carbonyl (C=O) groups is 3. The van der Waals surface area contributed by atoms with Crippen LogP contribution in [0.25, 0.3) is 22.0 Å². The van der Waals surface area contributed by atoms with Crippen molar-refractivity contribution in [2.45, 2.75) is 45.0 Å². The Hall–Kier alpha value is -4.93. The lowest BCUT2D eigenvalue weighted by molar-refractivity contribution is -0.157. The minimum atomic E-state index is -4.55. The Kier molecular flexibility index (Phi) is 8.24. The highest BCUT2D eigenvalue weighted by molar-refractivity contribution is 6.07. The van der Waals surface area contributed by atoms with Crippen LogP contribution in [-0.4, -0.2) is 44.7 Å². The second-order valence-corrected chi connectivity index (χ2v) is 10.6. The molecule has 0 saturated carbocycles. The Morgan fingerprint density at radius 2 is 1.60 bits per heavy atom. The molecule has 0 aliphatic heterocycles. The van der Waals surface area contributed by atoms with Crippen LogP contribution in [0.5, 0.6) is 5.75 Å². The molecule has 11 heteroatoms. The molecule has 42 heavy (non-hydrogen) atoms. The quantitative estimate of drug-likeness (QED) is 0.229. The van der Waals surface area contributed by atoms with Gasteiger partial charge in [-0.3, -0.25) is 4.79 Å². The number of alkyl halides is 3. The smallest absolute Gasteiger partial charge is 0.416 e. The van der Waals surface area contributed by atoms with Gasteiger partial charge in [0.1, 0.15) is 23.1 Å². The van der Waals surface area contributed by atoms with E-state index in [2.05, 4.69) is 10.3 Å². The van der Waals surface area contributed by atoms with Gasteiger partial charge in [0, 0.05) is 11.8 Å². The van der Waals surface area contributed by atoms with Crippen molar-refractivity contribution in [3.05, 3.63) is 95.2 Å². The van der Waals surface area contributed by atoms with Crippen LogP contribution in [-0.2, 0) is 22.1 Å². The summed E-state index contributed by atoms with van der Waals surface area (Å²) in [5, 5.41) is 22.2. The van der Waals surface area contributed by atoms with E-state index < -0.39 is 41.2 Å². The van der Waals surface area contributed by atoms with E-state index in [-0.39, 0.29) is 39.9 Å². The number of carboxylic acid groups (broad SMARTS) is 1. The first-order valence-electron chi connectivity index (χ1n) is 12.8. The van der Waals surface area contributed by atoms with Crippen LogP contribution >= 0.6 is 0 Å². The molecule has 0 aliphatic carbocycles. The fraction of sp³-hybridized carbons (Fsp3) is 0.226. The first kappa shape index (κ1) is 30.0. The molecule has 0 bridgehead atoms. The van der Waals surface area contributed by atoms with Crippen molar-refractivity contribution >= 4 is 28.7 Å². The number of halogens is 3. The van der Waals surface area contributed by atoms with E-state index in [1.807, 2.05) is 0 Å². The number of phenolic OH excluding ortho intramolecular Hbond substituents is 1. The molecule has 4 aromatic rings. The zero-order valence-electron chi connectivity index (χ0n) is 22.8. The summed E-state index contributed by atoms with van der Waals surface area (Å²) in [6.07, 6.45) is -4.54. The summed E-state index contributed by atoms with van der Waals surface area (Å²) < 4.78 is 45.1. The molecule has 8 nitrogen and oxygen atoms in total. The van der Waals surface area contributed by atoms with Crippen molar-refractivity contribution in [1.29, 1.82) is 0 Å². The number of ether oxygens (including phenoxy) is 1. The molecular weight excluding hydrogens is 553 g/mol. The number of carboxylic acids is 1. The number of aromatic carboxylic acids is 1. The minimum Gasteiger partial charge on any atom is -0.508 e. The maximum atomic E-state index is 13.3. The lowest BCUT2D eigenvalue weighted by atomic mass is 9.98. The van der Waals surface area contributed by atoms with Crippen molar-refractivity contribution in [3.63, 3.8) is 0 Å². The van der Waals surface area contributed by atoms with Crippen molar-refractivity contribution in [2.75, 3.05) is 0 Å². The topological polar surface area (TPSA) is 126 Å². The molecule has 4 rings (SSSR count). The molecule has 218 valence electrons. The Labute approximate surface area is 238 Å². The number of benzene rings is 3. The number of fused-ring (bicyclic) bond motifs is 1. The van der Waals surface area contributed by atoms with Gasteiger partial charge in [-0.15, -0.1) is 0 Å². The number of phenols is 1. The predicted molar refractivity (Wildman–Crippen MR) is 148 cm³/mol. The third kappa shape index (κ3) is 7.22. The number of amides is 1. The van der Waals surface area contributed by atoms with Gasteiger partial charge in [-0.2, -0.15) is 13.2 Å². The molecule has 0 fully saturated rings. The monoisotopic (exact) mass is 580 g/mol. The van der Waals surface area contributed by atoms with E-state index in [0.29, 0.717) is 11.1 Å². The van der Waals surface area contributed by atoms with E-state index >= 15 is 0 Å². The number of pyridine rings is 1. The third-order valence-electron chi connectivity index (χ3n) is 6.17. The van der Waals surface area contributed by atoms with Crippen LogP contribution in [0.15, 0.2) is 72.8 Å². The largest absolute Gasteiger partial charge is 0.508 e. The number of hydrogen-bond acceptors (Lipinski definition) is 6. The van der Waals surface area contributed by atoms with Crippen molar-refractivity contribution in [1.82, 2.24) is 10.3 Å². The SMILES string of the molecule is CC(C)(C)OC(=O)[C@@H](Cc1ccc(O)cc1)NC(=O)c1cc(C(=O)O)c2cc(-c3cccc(C(F)(F)F)c3)ccc2n1. The Balaban J connectivity index is 1.69. The van der Waals surface area contributed by atoms with E-state index in [9.17, 15) is 37.8 Å². The van der Waals surface area contributed by atoms with Crippen LogP contribution in [0.4, 0.5) is 13.2 Å². The van der Waals surface area contributed by atoms with Gasteiger partial charge in [-0.1, -0.05) is 30.3 Å². The molecule has 0 spiro atoms. The summed E-state index contributed by atoms with van der Waals surface area (Å²) in [6, 6.07) is 14.8. The highest BCUT2D eigenvalue weighted by atomic mass is 19.4. The number of carbonyl (C=O) groups excluding carboxylic acids is 2. The zero-order valence-corrected chi connectivity index (χ0v) is 22.8. The Morgan fingerprint density at radius 3 is 2.21 bits per heavy atom. The summed E-state index contributed by atoms with van der Waals surface area (Å²) in [5.41, 5.74) is -1.02. The van der Waals surface area contributed by atoms with Gasteiger partial charge >= 0.3 is 18.1 Å². The minimum absolute atomic E-state index is 0.0145. The molecule has 1 heterocycles. The zero-order chi connectivity index (χ0) is 30.8. The normalized spacial score (nSPS) is 12.5. The maximum Gasteiger partial charge on any atom is 0.416 e. The highest BCUT2D eigenvalue weighted by Crippen LogP contribution is 2.33. The summed E-state index contributed by atoms with van der Waals surface area (Å²) in [5.74, 6) is -2.93. The third-order valence-corrected chi connectivity index (χ3v) is 6.17. The predicted octanol–water partition coefficient (Wildman–Crippen LogP) is 6.01. The number of hydrogen-bond donors (Lipinski definition) is 3. The highest BCUT2D eigenvalue weighted by Gasteiger charge is 2.31. The second-order valence-electron chi connectivity index (χ2n) is 10.6. The molecule has 0 radical (unpaired) electrons. The molecule has 0 aliphatic rings. The number of nitrogens with one attached hydrogen (secondary N) is 1. The van der Waals surface area contributed by atoms with E-state index in [4.69, 9.17) is 4.74 Å². The fourth-order valence-corrected chi connectivity index (χ4v) is 4.24. The van der Waals surface area contributed by atoms with Gasteiger partial charge in [-0.05, 0) is 79.9 Å². The molecule has 1 aromatic heterocycles. The molecule has 3 aromatic carbocycles. The van der Waals surface area contributed by atoms with Crippen LogP contribution in [0.1, 0.15) is 52.7 Å². The summed E-state index contributed by atoms with van der Waals surface area (Å²) in [7, 11) is 0.